The van der Waals surface area contributed by atoms with Gasteiger partial charge in [-0.25, -0.2) is 4.98 Å². The van der Waals surface area contributed by atoms with Crippen molar-refractivity contribution in [1.82, 2.24) is 4.98 Å². The molecule has 2 nitrogen and oxygen atoms in total. The number of nitrogens with zero attached hydrogens (tertiary/aromatic N) is 1. The molecule has 0 N–H and O–H groups in total. The second-order valence-corrected chi connectivity index (χ2v) is 6.31. The molecule has 1 aliphatic heterocycles. The van der Waals surface area contributed by atoms with Crippen molar-refractivity contribution in [2.45, 2.75) is 5.22 Å². The predicted octanol–water partition coefficient (Wildman–Crippen LogP) is 4.51. The summed E-state index contributed by atoms with van der Waals surface area (Å²) in [4.78, 5) is 4.34. The SMILES string of the molecule is Brc1ccc(-c2cnc([SH]3C=CC=C3)o2)cc1. The highest BCUT2D eigenvalue weighted by Gasteiger charge is 2.11. The molecule has 0 aliphatic carbocycles. The summed E-state index contributed by atoms with van der Waals surface area (Å²) in [5.41, 5.74) is 1.05. The summed E-state index contributed by atoms with van der Waals surface area (Å²) in [6, 6.07) is 8.03. The number of hydrogen-bond acceptors (Lipinski definition) is 2. The minimum atomic E-state index is -0.464. The van der Waals surface area contributed by atoms with Gasteiger partial charge < -0.3 is 4.42 Å². The second kappa shape index (κ2) is 4.55. The molecule has 86 valence electrons. The number of allylic oxidation sites excluding steroid dienone is 2. The minimum absolute atomic E-state index is 0.464. The molecule has 2 heterocycles. The molecule has 3 rings (SSSR count). The van der Waals surface area contributed by atoms with Gasteiger partial charge >= 0.3 is 0 Å². The number of oxazole rings is 1. The van der Waals surface area contributed by atoms with Crippen molar-refractivity contribution in [3.05, 3.63) is 57.9 Å². The third-order valence-corrected chi connectivity index (χ3v) is 4.61. The van der Waals surface area contributed by atoms with Crippen LogP contribution in [0.3, 0.4) is 0 Å². The van der Waals surface area contributed by atoms with Crippen LogP contribution in [-0.2, 0) is 0 Å². The molecule has 0 atom stereocenters. The fourth-order valence-corrected chi connectivity index (χ4v) is 3.18. The van der Waals surface area contributed by atoms with Crippen molar-refractivity contribution in [1.29, 1.82) is 0 Å². The van der Waals surface area contributed by atoms with E-state index < -0.39 is 10.9 Å². The van der Waals surface area contributed by atoms with Crippen LogP contribution >= 0.6 is 26.8 Å². The zero-order valence-electron chi connectivity index (χ0n) is 8.88. The Hall–Kier alpha value is -1.26. The monoisotopic (exact) mass is 307 g/mol. The molecule has 0 bridgehead atoms. The first-order valence-electron chi connectivity index (χ1n) is 5.18. The number of rotatable bonds is 2. The van der Waals surface area contributed by atoms with E-state index in [4.69, 9.17) is 4.42 Å². The summed E-state index contributed by atoms with van der Waals surface area (Å²) in [5, 5.41) is 5.07. The Morgan fingerprint density at radius 2 is 1.76 bits per heavy atom. The van der Waals surface area contributed by atoms with Crippen molar-refractivity contribution in [2.24, 2.45) is 0 Å². The Labute approximate surface area is 111 Å². The van der Waals surface area contributed by atoms with Crippen LogP contribution in [0.4, 0.5) is 0 Å². The van der Waals surface area contributed by atoms with Crippen molar-refractivity contribution >= 4 is 26.8 Å². The van der Waals surface area contributed by atoms with Crippen molar-refractivity contribution in [3.63, 3.8) is 0 Å². The fraction of sp³-hybridized carbons (Fsp3) is 0. The zero-order valence-corrected chi connectivity index (χ0v) is 11.4. The molecule has 0 fully saturated rings. The lowest BCUT2D eigenvalue weighted by molar-refractivity contribution is 0.466. The molecule has 0 radical (unpaired) electrons. The van der Waals surface area contributed by atoms with E-state index in [-0.39, 0.29) is 0 Å². The highest BCUT2D eigenvalue weighted by Crippen LogP contribution is 2.42. The average Bonchev–Trinajstić information content (AvgIpc) is 3.00. The average molecular weight is 308 g/mol. The van der Waals surface area contributed by atoms with Crippen LogP contribution in [0.1, 0.15) is 0 Å². The van der Waals surface area contributed by atoms with Crippen LogP contribution in [0, 0.1) is 0 Å². The summed E-state index contributed by atoms with van der Waals surface area (Å²) in [5.74, 6) is 0.823. The van der Waals surface area contributed by atoms with Gasteiger partial charge in [0.05, 0.1) is 6.20 Å². The van der Waals surface area contributed by atoms with Gasteiger partial charge in [-0.15, -0.1) is 10.9 Å². The lowest BCUT2D eigenvalue weighted by Crippen LogP contribution is -1.72. The highest BCUT2D eigenvalue weighted by atomic mass is 79.9. The van der Waals surface area contributed by atoms with Crippen molar-refractivity contribution < 1.29 is 4.42 Å². The van der Waals surface area contributed by atoms with Crippen molar-refractivity contribution in [3.8, 4) is 11.3 Å². The lowest BCUT2D eigenvalue weighted by atomic mass is 10.2. The molecule has 0 amide bonds. The van der Waals surface area contributed by atoms with E-state index in [1.807, 2.05) is 36.4 Å². The third-order valence-electron chi connectivity index (χ3n) is 2.45. The Morgan fingerprint density at radius 1 is 1.06 bits per heavy atom. The van der Waals surface area contributed by atoms with Crippen LogP contribution in [0.2, 0.25) is 0 Å². The molecule has 1 aromatic heterocycles. The van der Waals surface area contributed by atoms with Gasteiger partial charge in [0.15, 0.2) is 5.76 Å². The molecule has 4 heteroatoms. The first kappa shape index (κ1) is 10.9. The number of hydrogen-bond donors (Lipinski definition) is 1. The fourth-order valence-electron chi connectivity index (χ4n) is 1.59. The van der Waals surface area contributed by atoms with Crippen LogP contribution in [-0.4, -0.2) is 4.98 Å². The Morgan fingerprint density at radius 3 is 2.47 bits per heavy atom. The van der Waals surface area contributed by atoms with Crippen LogP contribution in [0.25, 0.3) is 11.3 Å². The first-order chi connectivity index (χ1) is 8.33. The van der Waals surface area contributed by atoms with E-state index in [1.54, 1.807) is 6.20 Å². The van der Waals surface area contributed by atoms with Gasteiger partial charge in [-0.1, -0.05) is 40.2 Å². The molecule has 1 aromatic carbocycles. The van der Waals surface area contributed by atoms with Crippen LogP contribution in [0.5, 0.6) is 0 Å². The van der Waals surface area contributed by atoms with Gasteiger partial charge in [-0.2, -0.15) is 0 Å². The van der Waals surface area contributed by atoms with Gasteiger partial charge in [0.2, 0.25) is 5.22 Å². The molecule has 0 saturated carbocycles. The summed E-state index contributed by atoms with van der Waals surface area (Å²) in [7, 11) is -0.464. The van der Waals surface area contributed by atoms with E-state index in [1.165, 1.54) is 0 Å². The summed E-state index contributed by atoms with van der Waals surface area (Å²) in [6.45, 7) is 0. The van der Waals surface area contributed by atoms with E-state index >= 15 is 0 Å². The molecule has 17 heavy (non-hydrogen) atoms. The van der Waals surface area contributed by atoms with Gasteiger partial charge in [0, 0.05) is 10.0 Å². The Kier molecular flexibility index (Phi) is 2.91. The number of benzene rings is 1. The Balaban J connectivity index is 1.92. The Bertz CT molecular complexity index is 574. The van der Waals surface area contributed by atoms with Gasteiger partial charge in [0.25, 0.3) is 0 Å². The first-order valence-corrected chi connectivity index (χ1v) is 7.45. The number of aromatic nitrogens is 1. The summed E-state index contributed by atoms with van der Waals surface area (Å²) >= 11 is 3.42. The maximum absolute atomic E-state index is 5.79. The maximum atomic E-state index is 5.79. The van der Waals surface area contributed by atoms with E-state index in [2.05, 4.69) is 31.7 Å². The maximum Gasteiger partial charge on any atom is 0.242 e. The standard InChI is InChI=1S/C13H10BrNOS/c14-11-5-3-10(4-6-11)12-9-15-13(16-12)17-7-1-2-8-17/h1-9,17H. The lowest BCUT2D eigenvalue weighted by Gasteiger charge is -2.02. The van der Waals surface area contributed by atoms with Gasteiger partial charge in [0.1, 0.15) is 0 Å². The van der Waals surface area contributed by atoms with Crippen molar-refractivity contribution in [2.75, 3.05) is 0 Å². The molecule has 0 spiro atoms. The topological polar surface area (TPSA) is 26.0 Å². The summed E-state index contributed by atoms with van der Waals surface area (Å²) in [6.07, 6.45) is 5.87. The second-order valence-electron chi connectivity index (χ2n) is 3.60. The molecule has 0 saturated heterocycles. The molecular weight excluding hydrogens is 298 g/mol. The van der Waals surface area contributed by atoms with E-state index in [0.29, 0.717) is 0 Å². The van der Waals surface area contributed by atoms with Crippen LogP contribution < -0.4 is 0 Å². The van der Waals surface area contributed by atoms with E-state index in [9.17, 15) is 0 Å². The third kappa shape index (κ3) is 2.23. The molecule has 0 unspecified atom stereocenters. The highest BCUT2D eigenvalue weighted by molar-refractivity contribution is 9.10. The number of halogens is 1. The predicted molar refractivity (Wildman–Crippen MR) is 75.2 cm³/mol. The summed E-state index contributed by atoms with van der Waals surface area (Å²) < 4.78 is 6.86. The largest absolute Gasteiger partial charge is 0.432 e. The zero-order chi connectivity index (χ0) is 11.7. The van der Waals surface area contributed by atoms with E-state index in [0.717, 1.165) is 21.0 Å². The molecule has 2 aromatic rings. The normalized spacial score (nSPS) is 15.7. The number of thiol groups is 1. The molecule has 1 aliphatic rings. The molecular formula is C13H10BrNOS. The quantitative estimate of drug-likeness (QED) is 0.826. The van der Waals surface area contributed by atoms with Crippen LogP contribution in [0.15, 0.2) is 67.5 Å². The van der Waals surface area contributed by atoms with Gasteiger partial charge in [-0.3, -0.25) is 0 Å². The van der Waals surface area contributed by atoms with Gasteiger partial charge in [-0.05, 0) is 22.9 Å². The smallest absolute Gasteiger partial charge is 0.242 e. The minimum Gasteiger partial charge on any atom is -0.432 e.